The van der Waals surface area contributed by atoms with Crippen LogP contribution in [0, 0.1) is 0 Å². The highest BCUT2D eigenvalue weighted by molar-refractivity contribution is 7.89. The third kappa shape index (κ3) is 6.32. The number of aromatic nitrogens is 1. The number of aromatic hydroxyl groups is 1. The second-order valence-electron chi connectivity index (χ2n) is 9.90. The van der Waals surface area contributed by atoms with Crippen LogP contribution in [0.2, 0.25) is 0 Å². The summed E-state index contributed by atoms with van der Waals surface area (Å²) in [6.07, 6.45) is 4.71. The molecule has 5 rings (SSSR count). The number of hydrogen-bond acceptors (Lipinski definition) is 9. The van der Waals surface area contributed by atoms with Gasteiger partial charge < -0.3 is 24.4 Å². The predicted molar refractivity (Wildman–Crippen MR) is 149 cm³/mol. The maximum atomic E-state index is 13.3. The molecule has 2 fully saturated rings. The van der Waals surface area contributed by atoms with Gasteiger partial charge in [-0.1, -0.05) is 18.2 Å². The summed E-state index contributed by atoms with van der Waals surface area (Å²) in [5.41, 5.74) is 0.449. The Balaban J connectivity index is 1.06. The number of ether oxygens (including phenoxy) is 2. The first-order valence-electron chi connectivity index (χ1n) is 13.1. The quantitative estimate of drug-likeness (QED) is 0.247. The van der Waals surface area contributed by atoms with Gasteiger partial charge in [-0.15, -0.1) is 4.31 Å². The molecular weight excluding hydrogens is 540 g/mol. The number of fused-ring (bicyclic) bond motifs is 1. The second kappa shape index (κ2) is 12.0. The van der Waals surface area contributed by atoms with Gasteiger partial charge in [-0.2, -0.15) is 0 Å². The minimum Gasteiger partial charge on any atom is -0.593 e. The van der Waals surface area contributed by atoms with Crippen LogP contribution < -0.4 is 14.8 Å². The van der Waals surface area contributed by atoms with E-state index in [0.717, 1.165) is 32.2 Å². The molecule has 0 saturated carbocycles. The molecule has 3 N–H and O–H groups in total. The molecule has 210 valence electrons. The minimum atomic E-state index is -3.50. The predicted octanol–water partition coefficient (Wildman–Crippen LogP) is 2.55. The average Bonchev–Trinajstić information content (AvgIpc) is 3.35. The van der Waals surface area contributed by atoms with Crippen molar-refractivity contribution in [3.8, 4) is 11.5 Å². The first-order valence-corrected chi connectivity index (χ1v) is 15.7. The Morgan fingerprint density at radius 3 is 2.82 bits per heavy atom. The van der Waals surface area contributed by atoms with Gasteiger partial charge in [0.1, 0.15) is 5.75 Å². The highest BCUT2D eigenvalue weighted by Gasteiger charge is 2.45. The van der Waals surface area contributed by atoms with Crippen LogP contribution in [-0.4, -0.2) is 78.9 Å². The van der Waals surface area contributed by atoms with Crippen LogP contribution >= 0.6 is 0 Å². The molecule has 10 nitrogen and oxygen atoms in total. The Morgan fingerprint density at radius 1 is 1.23 bits per heavy atom. The van der Waals surface area contributed by atoms with Crippen LogP contribution in [0.5, 0.6) is 11.5 Å². The van der Waals surface area contributed by atoms with Gasteiger partial charge in [0.25, 0.3) is 0 Å². The molecule has 1 unspecified atom stereocenters. The molecule has 3 heterocycles. The summed E-state index contributed by atoms with van der Waals surface area (Å²) in [5, 5.41) is 14.8. The fourth-order valence-corrected chi connectivity index (χ4v) is 7.15. The van der Waals surface area contributed by atoms with Gasteiger partial charge in [0.05, 0.1) is 46.8 Å². The van der Waals surface area contributed by atoms with E-state index >= 15 is 0 Å². The van der Waals surface area contributed by atoms with Crippen LogP contribution in [-0.2, 0) is 26.1 Å². The van der Waals surface area contributed by atoms with Crippen LogP contribution in [0.4, 0.5) is 0 Å². The zero-order valence-electron chi connectivity index (χ0n) is 21.8. The Labute approximate surface area is 232 Å². The number of sulfonamides is 1. The molecule has 2 aliphatic rings. The van der Waals surface area contributed by atoms with Crippen molar-refractivity contribution in [2.24, 2.45) is 0 Å². The monoisotopic (exact) mass is 574 g/mol. The summed E-state index contributed by atoms with van der Waals surface area (Å²) < 4.78 is 53.4. The number of nitrogens with zero attached hydrogens (tertiary/aromatic N) is 2. The number of para-hydroxylation sites is 1. The molecule has 0 aliphatic carbocycles. The molecular formula is C27H34N4O6S2. The van der Waals surface area contributed by atoms with E-state index in [1.54, 1.807) is 18.2 Å². The van der Waals surface area contributed by atoms with Crippen molar-refractivity contribution in [2.45, 2.75) is 47.1 Å². The molecule has 39 heavy (non-hydrogen) atoms. The van der Waals surface area contributed by atoms with Gasteiger partial charge in [0.2, 0.25) is 14.9 Å². The first kappa shape index (κ1) is 28.1. The molecule has 2 saturated heterocycles. The summed E-state index contributed by atoms with van der Waals surface area (Å²) in [6, 6.07) is 14.0. The van der Waals surface area contributed by atoms with Crippen molar-refractivity contribution in [3.05, 3.63) is 54.7 Å². The van der Waals surface area contributed by atoms with E-state index in [-0.39, 0.29) is 22.3 Å². The minimum absolute atomic E-state index is 0.0280. The lowest BCUT2D eigenvalue weighted by Crippen LogP contribution is -2.47. The summed E-state index contributed by atoms with van der Waals surface area (Å²) >= 11 is -1.49. The number of hydrogen-bond donors (Lipinski definition) is 3. The molecule has 1 aromatic heterocycles. The first-order chi connectivity index (χ1) is 18.8. The lowest BCUT2D eigenvalue weighted by molar-refractivity contribution is -0.0312. The van der Waals surface area contributed by atoms with Crippen LogP contribution in [0.3, 0.4) is 0 Å². The van der Waals surface area contributed by atoms with Gasteiger partial charge in [-0.25, -0.2) is 13.1 Å². The number of pyridine rings is 1. The van der Waals surface area contributed by atoms with Gasteiger partial charge in [-0.3, -0.25) is 4.98 Å². The molecule has 1 spiro atoms. The van der Waals surface area contributed by atoms with E-state index in [2.05, 4.69) is 15.0 Å². The van der Waals surface area contributed by atoms with E-state index in [4.69, 9.17) is 9.47 Å². The molecule has 3 aromatic rings. The largest absolute Gasteiger partial charge is 0.593 e. The van der Waals surface area contributed by atoms with E-state index in [9.17, 15) is 18.1 Å². The van der Waals surface area contributed by atoms with Crippen molar-refractivity contribution >= 4 is 32.3 Å². The highest BCUT2D eigenvalue weighted by Crippen LogP contribution is 2.39. The summed E-state index contributed by atoms with van der Waals surface area (Å²) in [4.78, 5) is 4.88. The fraction of sp³-hybridized carbons (Fsp3) is 0.444. The Morgan fingerprint density at radius 2 is 2.03 bits per heavy atom. The Hall–Kier alpha value is -2.45. The normalized spacial score (nSPS) is 20.4. The van der Waals surface area contributed by atoms with E-state index < -0.39 is 21.4 Å². The smallest absolute Gasteiger partial charge is 0.240 e. The molecule has 12 heteroatoms. The molecule has 0 amide bonds. The van der Waals surface area contributed by atoms with E-state index in [1.807, 2.05) is 22.5 Å². The molecule has 2 aromatic carbocycles. The summed E-state index contributed by atoms with van der Waals surface area (Å²) in [7, 11) is -2.12. The molecule has 2 atom stereocenters. The van der Waals surface area contributed by atoms with Crippen LogP contribution in [0.1, 0.15) is 25.7 Å². The number of benzene rings is 2. The number of nitrogens with one attached hydrogen (secondary N) is 2. The average molecular weight is 575 g/mol. The van der Waals surface area contributed by atoms with Crippen LogP contribution in [0.25, 0.3) is 10.9 Å². The van der Waals surface area contributed by atoms with E-state index in [0.29, 0.717) is 47.9 Å². The SMILES string of the molecule is CNS(=O)(=O)c1cccc(OCCCN[C@H]2COC3(CCN([S+]([O-])c4cnc5ccccc5c4O)CC3)C2)c1. The third-order valence-electron chi connectivity index (χ3n) is 7.39. The maximum absolute atomic E-state index is 13.3. The summed E-state index contributed by atoms with van der Waals surface area (Å²) in [6.45, 7) is 3.07. The lowest BCUT2D eigenvalue weighted by Gasteiger charge is -2.37. The Kier molecular flexibility index (Phi) is 8.62. The molecule has 0 radical (unpaired) electrons. The van der Waals surface area contributed by atoms with E-state index in [1.165, 1.54) is 25.4 Å². The standard InChI is InChI=1S/C27H34N4O6S2/c1-28-39(34,35)22-7-4-6-21(16-22)36-15-5-12-29-20-17-27(37-19-20)10-13-31(14-11-27)38(33)25-18-30-24-9-3-2-8-23(24)26(25)32/h2-4,6-9,16,18,20,28-29H,5,10-15,17,19H2,1H3,(H,30,32)/t20-,38?/m1/s1. The van der Waals surface area contributed by atoms with Crippen molar-refractivity contribution < 1.29 is 27.6 Å². The zero-order chi connectivity index (χ0) is 27.5. The van der Waals surface area contributed by atoms with Crippen LogP contribution in [0.15, 0.2) is 64.5 Å². The lowest BCUT2D eigenvalue weighted by atomic mass is 9.88. The van der Waals surface area contributed by atoms with Gasteiger partial charge in [-0.05, 0) is 63.5 Å². The summed E-state index contributed by atoms with van der Waals surface area (Å²) in [5.74, 6) is 0.548. The number of rotatable bonds is 10. The van der Waals surface area contributed by atoms with Gasteiger partial charge in [0, 0.05) is 30.6 Å². The van der Waals surface area contributed by atoms with Crippen molar-refractivity contribution in [3.63, 3.8) is 0 Å². The molecule has 0 bridgehead atoms. The highest BCUT2D eigenvalue weighted by atomic mass is 32.2. The van der Waals surface area contributed by atoms with Gasteiger partial charge >= 0.3 is 0 Å². The Bertz CT molecular complexity index is 1400. The topological polar surface area (TPSA) is 136 Å². The van der Waals surface area contributed by atoms with Crippen molar-refractivity contribution in [1.29, 1.82) is 0 Å². The van der Waals surface area contributed by atoms with Crippen molar-refractivity contribution in [2.75, 3.05) is 39.9 Å². The van der Waals surface area contributed by atoms with Gasteiger partial charge in [0.15, 0.2) is 5.75 Å². The molecule has 2 aliphatic heterocycles. The van der Waals surface area contributed by atoms with Crippen molar-refractivity contribution in [1.82, 2.24) is 19.3 Å². The number of piperidine rings is 1. The second-order valence-corrected chi connectivity index (χ2v) is 13.2. The zero-order valence-corrected chi connectivity index (χ0v) is 23.5. The fourth-order valence-electron chi connectivity index (χ4n) is 5.18. The third-order valence-corrected chi connectivity index (χ3v) is 10.3. The maximum Gasteiger partial charge on any atom is 0.240 e.